The van der Waals surface area contributed by atoms with Gasteiger partial charge in [-0.25, -0.2) is 0 Å². The van der Waals surface area contributed by atoms with E-state index in [0.29, 0.717) is 17.3 Å². The Morgan fingerprint density at radius 3 is 2.92 bits per heavy atom. The predicted octanol–water partition coefficient (Wildman–Crippen LogP) is 3.85. The summed E-state index contributed by atoms with van der Waals surface area (Å²) in [5.74, 6) is 0.586. The van der Waals surface area contributed by atoms with Crippen LogP contribution in [0.2, 0.25) is 5.02 Å². The van der Waals surface area contributed by atoms with Crippen molar-refractivity contribution in [3.8, 4) is 0 Å². The fraction of sp³-hybridized carbons (Fsp3) is 0.412. The van der Waals surface area contributed by atoms with E-state index < -0.39 is 5.41 Å². The highest BCUT2D eigenvalue weighted by Crippen LogP contribution is 2.30. The molecule has 0 saturated heterocycles. The van der Waals surface area contributed by atoms with Crippen LogP contribution in [0.5, 0.6) is 0 Å². The third kappa shape index (κ3) is 3.54. The molecule has 1 aliphatic heterocycles. The van der Waals surface area contributed by atoms with Crippen LogP contribution in [0.1, 0.15) is 26.5 Å². The van der Waals surface area contributed by atoms with Crippen molar-refractivity contribution in [2.75, 3.05) is 18.1 Å². The van der Waals surface area contributed by atoms with Gasteiger partial charge in [0.1, 0.15) is 11.7 Å². The van der Waals surface area contributed by atoms with E-state index in [4.69, 9.17) is 22.1 Å². The predicted molar refractivity (Wildman–Crippen MR) is 101 cm³/mol. The number of ether oxygens (including phenoxy) is 1. The second-order valence-electron chi connectivity index (χ2n) is 6.89. The van der Waals surface area contributed by atoms with E-state index in [0.717, 1.165) is 27.4 Å². The van der Waals surface area contributed by atoms with Gasteiger partial charge >= 0.3 is 5.97 Å². The number of hydrogen-bond donors (Lipinski definition) is 2. The molecule has 3 N–H and O–H groups in total. The highest BCUT2D eigenvalue weighted by molar-refractivity contribution is 8.14. The standard InChI is InChI=1S/C17H20ClN3O2S/c1-17(2,3)16(22)23-7-11-8-24-15(20-11)13-5-9-4-10(18)6-12(19)14(9)21-13/h4-6,11,21H,7-8,19H2,1-3H3. The average molecular weight is 366 g/mol. The van der Waals surface area contributed by atoms with Crippen LogP contribution in [0, 0.1) is 5.41 Å². The first-order valence-corrected chi connectivity index (χ1v) is 9.06. The van der Waals surface area contributed by atoms with Crippen molar-refractivity contribution in [1.29, 1.82) is 0 Å². The number of esters is 1. The number of H-pyrrole nitrogens is 1. The third-order valence-electron chi connectivity index (χ3n) is 3.69. The van der Waals surface area contributed by atoms with E-state index in [1.54, 1.807) is 17.8 Å². The fourth-order valence-corrected chi connectivity index (χ4v) is 3.63. The van der Waals surface area contributed by atoms with Crippen LogP contribution in [0.3, 0.4) is 0 Å². The number of benzene rings is 1. The zero-order valence-electron chi connectivity index (χ0n) is 13.9. The van der Waals surface area contributed by atoms with Gasteiger partial charge in [0.05, 0.1) is 28.4 Å². The first-order valence-electron chi connectivity index (χ1n) is 7.70. The van der Waals surface area contributed by atoms with Crippen LogP contribution in [-0.2, 0) is 9.53 Å². The molecular weight excluding hydrogens is 346 g/mol. The molecule has 128 valence electrons. The third-order valence-corrected chi connectivity index (χ3v) is 5.05. The fourth-order valence-electron chi connectivity index (χ4n) is 2.39. The molecule has 0 saturated carbocycles. The Labute approximate surface area is 150 Å². The number of halogens is 1. The number of hydrogen-bond acceptors (Lipinski definition) is 5. The summed E-state index contributed by atoms with van der Waals surface area (Å²) in [5, 5.41) is 2.47. The summed E-state index contributed by atoms with van der Waals surface area (Å²) in [4.78, 5) is 19.8. The number of fused-ring (bicyclic) bond motifs is 1. The zero-order chi connectivity index (χ0) is 17.5. The van der Waals surface area contributed by atoms with Crippen LogP contribution in [0.4, 0.5) is 5.69 Å². The lowest BCUT2D eigenvalue weighted by Crippen LogP contribution is -2.26. The summed E-state index contributed by atoms with van der Waals surface area (Å²) < 4.78 is 5.36. The highest BCUT2D eigenvalue weighted by atomic mass is 35.5. The number of nitrogen functional groups attached to an aromatic ring is 1. The van der Waals surface area contributed by atoms with Crippen molar-refractivity contribution >= 4 is 51.0 Å². The number of aromatic nitrogens is 1. The van der Waals surface area contributed by atoms with E-state index in [9.17, 15) is 4.79 Å². The minimum atomic E-state index is -0.494. The monoisotopic (exact) mass is 365 g/mol. The van der Waals surface area contributed by atoms with Gasteiger partial charge in [-0.3, -0.25) is 9.79 Å². The Balaban J connectivity index is 1.74. The molecule has 2 aromatic rings. The summed E-state index contributed by atoms with van der Waals surface area (Å²) in [6, 6.07) is 5.56. The minimum Gasteiger partial charge on any atom is -0.463 e. The largest absolute Gasteiger partial charge is 0.463 e. The number of aromatic amines is 1. The maximum Gasteiger partial charge on any atom is 0.311 e. The van der Waals surface area contributed by atoms with Crippen molar-refractivity contribution in [3.63, 3.8) is 0 Å². The van der Waals surface area contributed by atoms with Gasteiger partial charge in [0.2, 0.25) is 0 Å². The second-order valence-corrected chi connectivity index (χ2v) is 8.33. The van der Waals surface area contributed by atoms with E-state index in [1.165, 1.54) is 0 Å². The number of nitrogens with zero attached hydrogens (tertiary/aromatic N) is 1. The smallest absolute Gasteiger partial charge is 0.311 e. The van der Waals surface area contributed by atoms with E-state index >= 15 is 0 Å². The number of rotatable bonds is 3. The molecule has 1 atom stereocenters. The Kier molecular flexibility index (Phi) is 4.53. The van der Waals surface area contributed by atoms with Gasteiger partial charge in [-0.1, -0.05) is 11.6 Å². The normalized spacial score (nSPS) is 18.0. The molecule has 1 aliphatic rings. The molecule has 2 heterocycles. The Morgan fingerprint density at radius 1 is 1.46 bits per heavy atom. The molecule has 0 fully saturated rings. The van der Waals surface area contributed by atoms with Gasteiger partial charge in [0.25, 0.3) is 0 Å². The van der Waals surface area contributed by atoms with Gasteiger partial charge in [0, 0.05) is 16.2 Å². The van der Waals surface area contributed by atoms with Crippen molar-refractivity contribution in [2.45, 2.75) is 26.8 Å². The van der Waals surface area contributed by atoms with E-state index in [1.807, 2.05) is 32.9 Å². The van der Waals surface area contributed by atoms with Gasteiger partial charge in [-0.2, -0.15) is 0 Å². The van der Waals surface area contributed by atoms with Gasteiger partial charge in [-0.15, -0.1) is 11.8 Å². The molecule has 7 heteroatoms. The average Bonchev–Trinajstić information content (AvgIpc) is 3.09. The molecular formula is C17H20ClN3O2S. The lowest BCUT2D eigenvalue weighted by atomic mass is 9.97. The first-order chi connectivity index (χ1) is 11.2. The molecule has 0 aliphatic carbocycles. The first kappa shape index (κ1) is 17.2. The number of anilines is 1. The molecule has 1 aromatic heterocycles. The number of thioether (sulfide) groups is 1. The Bertz CT molecular complexity index is 823. The van der Waals surface area contributed by atoms with Crippen LogP contribution in [0.15, 0.2) is 23.2 Å². The number of aliphatic imine (C=N–C) groups is 1. The quantitative estimate of drug-likeness (QED) is 0.639. The van der Waals surface area contributed by atoms with E-state index in [2.05, 4.69) is 9.98 Å². The Hall–Kier alpha value is -1.66. The lowest BCUT2D eigenvalue weighted by Gasteiger charge is -2.17. The van der Waals surface area contributed by atoms with Crippen LogP contribution in [-0.4, -0.2) is 34.4 Å². The summed E-state index contributed by atoms with van der Waals surface area (Å²) >= 11 is 7.69. The van der Waals surface area contributed by atoms with Gasteiger partial charge in [0.15, 0.2) is 0 Å². The maximum absolute atomic E-state index is 11.8. The molecule has 0 bridgehead atoms. The summed E-state index contributed by atoms with van der Waals surface area (Å²) in [6.07, 6.45) is 0. The summed E-state index contributed by atoms with van der Waals surface area (Å²) in [5.41, 5.74) is 7.89. The van der Waals surface area contributed by atoms with Crippen LogP contribution < -0.4 is 5.73 Å². The second kappa shape index (κ2) is 6.33. The molecule has 1 aromatic carbocycles. The zero-order valence-corrected chi connectivity index (χ0v) is 15.4. The minimum absolute atomic E-state index is 0.0244. The number of nitrogens with one attached hydrogen (secondary N) is 1. The van der Waals surface area contributed by atoms with Crippen LogP contribution >= 0.6 is 23.4 Å². The molecule has 0 spiro atoms. The van der Waals surface area contributed by atoms with E-state index in [-0.39, 0.29) is 12.0 Å². The van der Waals surface area contributed by atoms with Crippen molar-refractivity contribution in [3.05, 3.63) is 28.9 Å². The molecule has 1 unspecified atom stereocenters. The number of carbonyl (C=O) groups is 1. The van der Waals surface area contributed by atoms with Crippen LogP contribution in [0.25, 0.3) is 10.9 Å². The molecule has 3 rings (SSSR count). The maximum atomic E-state index is 11.8. The molecule has 0 radical (unpaired) electrons. The highest BCUT2D eigenvalue weighted by Gasteiger charge is 2.26. The topological polar surface area (TPSA) is 80.5 Å². The Morgan fingerprint density at radius 2 is 2.21 bits per heavy atom. The summed E-state index contributed by atoms with van der Waals surface area (Å²) in [7, 11) is 0. The van der Waals surface area contributed by atoms with Gasteiger partial charge in [-0.05, 0) is 39.0 Å². The number of nitrogens with two attached hydrogens (primary N) is 1. The van der Waals surface area contributed by atoms with Crippen molar-refractivity contribution in [1.82, 2.24) is 4.98 Å². The number of carbonyl (C=O) groups excluding carboxylic acids is 1. The summed E-state index contributed by atoms with van der Waals surface area (Å²) in [6.45, 7) is 5.83. The molecule has 24 heavy (non-hydrogen) atoms. The van der Waals surface area contributed by atoms with Crippen molar-refractivity contribution in [2.24, 2.45) is 10.4 Å². The lowest BCUT2D eigenvalue weighted by molar-refractivity contribution is -0.153. The molecule has 0 amide bonds. The van der Waals surface area contributed by atoms with Gasteiger partial charge < -0.3 is 15.5 Å². The molecule has 5 nitrogen and oxygen atoms in total. The SMILES string of the molecule is CC(C)(C)C(=O)OCC1CSC(c2cc3cc(Cl)cc(N)c3[nH]2)=N1. The van der Waals surface area contributed by atoms with Crippen molar-refractivity contribution < 1.29 is 9.53 Å².